The molecule has 0 spiro atoms. The number of benzene rings is 1. The van der Waals surface area contributed by atoms with E-state index in [0.29, 0.717) is 12.0 Å². The summed E-state index contributed by atoms with van der Waals surface area (Å²) >= 11 is 0. The van der Waals surface area contributed by atoms with E-state index in [1.54, 1.807) is 0 Å². The van der Waals surface area contributed by atoms with Crippen molar-refractivity contribution >= 4 is 11.4 Å². The molecular weight excluding hydrogens is 222 g/mol. The molecule has 1 unspecified atom stereocenters. The first-order valence-electron chi connectivity index (χ1n) is 6.66. The normalized spacial score (nSPS) is 13.1. The molecule has 0 saturated carbocycles. The lowest BCUT2D eigenvalue weighted by atomic mass is 10.0. The fourth-order valence-electron chi connectivity index (χ4n) is 2.22. The summed E-state index contributed by atoms with van der Waals surface area (Å²) in [6, 6.07) is 6.63. The molecule has 0 heterocycles. The van der Waals surface area contributed by atoms with Crippen LogP contribution in [0.5, 0.6) is 0 Å². The molecule has 0 saturated heterocycles. The van der Waals surface area contributed by atoms with Crippen molar-refractivity contribution in [1.29, 1.82) is 0 Å². The number of nitrogen functional groups attached to an aromatic ring is 1. The summed E-state index contributed by atoms with van der Waals surface area (Å²) in [7, 11) is 4.21. The molecular formula is C15H27N3. The fourth-order valence-corrected chi connectivity index (χ4v) is 2.22. The van der Waals surface area contributed by atoms with Crippen molar-refractivity contribution in [2.75, 3.05) is 31.7 Å². The Morgan fingerprint density at radius 3 is 2.44 bits per heavy atom. The van der Waals surface area contributed by atoms with Crippen LogP contribution in [0.1, 0.15) is 25.8 Å². The second-order valence-corrected chi connectivity index (χ2v) is 5.82. The van der Waals surface area contributed by atoms with Gasteiger partial charge in [0.05, 0.1) is 11.4 Å². The molecule has 0 amide bonds. The molecule has 0 aliphatic carbocycles. The van der Waals surface area contributed by atoms with Crippen LogP contribution >= 0.6 is 0 Å². The number of nitrogens with zero attached hydrogens (tertiary/aromatic N) is 1. The third-order valence-corrected chi connectivity index (χ3v) is 2.91. The Labute approximate surface area is 111 Å². The monoisotopic (exact) mass is 249 g/mol. The van der Waals surface area contributed by atoms with Crippen molar-refractivity contribution in [3.63, 3.8) is 0 Å². The molecule has 0 radical (unpaired) electrons. The quantitative estimate of drug-likeness (QED) is 0.762. The molecule has 0 bridgehead atoms. The van der Waals surface area contributed by atoms with Crippen LogP contribution in [0.25, 0.3) is 0 Å². The van der Waals surface area contributed by atoms with Crippen molar-refractivity contribution in [1.82, 2.24) is 4.90 Å². The van der Waals surface area contributed by atoms with Gasteiger partial charge in [-0.15, -0.1) is 0 Å². The van der Waals surface area contributed by atoms with Gasteiger partial charge in [-0.1, -0.05) is 19.9 Å². The number of likely N-dealkylation sites (N-methyl/N-ethyl adjacent to an activating group) is 1. The SMILES string of the molecule is Cc1ccc(NC(CC(C)C)CN(C)C)c(N)c1. The Hall–Kier alpha value is -1.22. The van der Waals surface area contributed by atoms with Crippen LogP contribution in [0.4, 0.5) is 11.4 Å². The Balaban J connectivity index is 2.75. The fraction of sp³-hybridized carbons (Fsp3) is 0.600. The number of nitrogens with one attached hydrogen (secondary N) is 1. The second kappa shape index (κ2) is 6.64. The van der Waals surface area contributed by atoms with E-state index in [9.17, 15) is 0 Å². The summed E-state index contributed by atoms with van der Waals surface area (Å²) in [4.78, 5) is 2.21. The largest absolute Gasteiger partial charge is 0.397 e. The maximum Gasteiger partial charge on any atom is 0.0576 e. The van der Waals surface area contributed by atoms with Crippen molar-refractivity contribution in [2.45, 2.75) is 33.2 Å². The van der Waals surface area contributed by atoms with Crippen molar-refractivity contribution in [3.05, 3.63) is 23.8 Å². The number of hydrogen-bond donors (Lipinski definition) is 2. The molecule has 102 valence electrons. The van der Waals surface area contributed by atoms with E-state index >= 15 is 0 Å². The topological polar surface area (TPSA) is 41.3 Å². The summed E-state index contributed by atoms with van der Waals surface area (Å²) in [5.74, 6) is 0.675. The van der Waals surface area contributed by atoms with E-state index in [4.69, 9.17) is 5.73 Å². The van der Waals surface area contributed by atoms with Crippen LogP contribution in [0.2, 0.25) is 0 Å². The van der Waals surface area contributed by atoms with E-state index in [-0.39, 0.29) is 0 Å². The van der Waals surface area contributed by atoms with E-state index in [1.807, 2.05) is 6.07 Å². The molecule has 0 aromatic heterocycles. The minimum atomic E-state index is 0.435. The van der Waals surface area contributed by atoms with Crippen LogP contribution in [-0.2, 0) is 0 Å². The van der Waals surface area contributed by atoms with E-state index in [2.05, 4.69) is 57.2 Å². The Morgan fingerprint density at radius 1 is 1.28 bits per heavy atom. The van der Waals surface area contributed by atoms with Crippen molar-refractivity contribution < 1.29 is 0 Å². The summed E-state index contributed by atoms with van der Waals surface area (Å²) < 4.78 is 0. The summed E-state index contributed by atoms with van der Waals surface area (Å²) in [5.41, 5.74) is 9.14. The van der Waals surface area contributed by atoms with Gasteiger partial charge < -0.3 is 16.0 Å². The zero-order valence-corrected chi connectivity index (χ0v) is 12.3. The van der Waals surface area contributed by atoms with Crippen LogP contribution in [0.15, 0.2) is 18.2 Å². The number of anilines is 2. The zero-order valence-electron chi connectivity index (χ0n) is 12.3. The van der Waals surface area contributed by atoms with Gasteiger partial charge in [-0.2, -0.15) is 0 Å². The average Bonchev–Trinajstić information content (AvgIpc) is 2.20. The van der Waals surface area contributed by atoms with Gasteiger partial charge in [-0.05, 0) is 51.1 Å². The predicted molar refractivity (Wildman–Crippen MR) is 81.0 cm³/mol. The Morgan fingerprint density at radius 2 is 1.94 bits per heavy atom. The smallest absolute Gasteiger partial charge is 0.0576 e. The number of rotatable bonds is 6. The van der Waals surface area contributed by atoms with Crippen molar-refractivity contribution in [2.24, 2.45) is 5.92 Å². The lowest BCUT2D eigenvalue weighted by molar-refractivity contribution is 0.356. The average molecular weight is 249 g/mol. The molecule has 18 heavy (non-hydrogen) atoms. The molecule has 0 aliphatic rings. The van der Waals surface area contributed by atoms with Crippen LogP contribution < -0.4 is 11.1 Å². The minimum Gasteiger partial charge on any atom is -0.397 e. The molecule has 3 nitrogen and oxygen atoms in total. The molecule has 0 aliphatic heterocycles. The maximum absolute atomic E-state index is 6.06. The van der Waals surface area contributed by atoms with E-state index in [0.717, 1.165) is 24.3 Å². The van der Waals surface area contributed by atoms with Gasteiger partial charge in [0.15, 0.2) is 0 Å². The number of aryl methyl sites for hydroxylation is 1. The minimum absolute atomic E-state index is 0.435. The highest BCUT2D eigenvalue weighted by molar-refractivity contribution is 5.67. The molecule has 3 N–H and O–H groups in total. The zero-order chi connectivity index (χ0) is 13.7. The van der Waals surface area contributed by atoms with E-state index in [1.165, 1.54) is 5.56 Å². The lowest BCUT2D eigenvalue weighted by Gasteiger charge is -2.25. The van der Waals surface area contributed by atoms with Gasteiger partial charge in [-0.25, -0.2) is 0 Å². The van der Waals surface area contributed by atoms with Crippen LogP contribution in [0.3, 0.4) is 0 Å². The molecule has 0 fully saturated rings. The molecule has 3 heteroatoms. The first kappa shape index (κ1) is 14.8. The van der Waals surface area contributed by atoms with Crippen LogP contribution in [0, 0.1) is 12.8 Å². The summed E-state index contributed by atoms with van der Waals surface area (Å²) in [5, 5.41) is 3.57. The lowest BCUT2D eigenvalue weighted by Crippen LogP contribution is -2.33. The van der Waals surface area contributed by atoms with Gasteiger partial charge in [-0.3, -0.25) is 0 Å². The second-order valence-electron chi connectivity index (χ2n) is 5.82. The maximum atomic E-state index is 6.06. The third kappa shape index (κ3) is 4.96. The number of hydrogen-bond acceptors (Lipinski definition) is 3. The molecule has 1 atom stereocenters. The Kier molecular flexibility index (Phi) is 5.48. The highest BCUT2D eigenvalue weighted by atomic mass is 15.1. The highest BCUT2D eigenvalue weighted by Gasteiger charge is 2.13. The van der Waals surface area contributed by atoms with Gasteiger partial charge in [0.1, 0.15) is 0 Å². The van der Waals surface area contributed by atoms with Gasteiger partial charge >= 0.3 is 0 Å². The van der Waals surface area contributed by atoms with Crippen LogP contribution in [-0.4, -0.2) is 31.6 Å². The van der Waals surface area contributed by atoms with Gasteiger partial charge in [0, 0.05) is 12.6 Å². The standard InChI is InChI=1S/C15H27N3/c1-11(2)8-13(10-18(4)5)17-15-7-6-12(3)9-14(15)16/h6-7,9,11,13,17H,8,10,16H2,1-5H3. The molecule has 1 aromatic carbocycles. The Bertz CT molecular complexity index is 362. The summed E-state index contributed by atoms with van der Waals surface area (Å²) in [6.45, 7) is 7.59. The highest BCUT2D eigenvalue weighted by Crippen LogP contribution is 2.22. The first-order valence-corrected chi connectivity index (χ1v) is 6.66. The first-order chi connectivity index (χ1) is 8.38. The van der Waals surface area contributed by atoms with Gasteiger partial charge in [0.2, 0.25) is 0 Å². The molecule has 1 rings (SSSR count). The third-order valence-electron chi connectivity index (χ3n) is 2.91. The summed E-state index contributed by atoms with van der Waals surface area (Å²) in [6.07, 6.45) is 1.14. The molecule has 1 aromatic rings. The van der Waals surface area contributed by atoms with E-state index < -0.39 is 0 Å². The number of nitrogens with two attached hydrogens (primary N) is 1. The van der Waals surface area contributed by atoms with Gasteiger partial charge in [0.25, 0.3) is 0 Å². The predicted octanol–water partition coefficient (Wildman–Crippen LogP) is 2.97. The van der Waals surface area contributed by atoms with Crippen molar-refractivity contribution in [3.8, 4) is 0 Å².